The topological polar surface area (TPSA) is 60.4 Å². The largest absolute Gasteiger partial charge is 0.496 e. The maximum Gasteiger partial charge on any atom is 0.164 e. The van der Waals surface area contributed by atoms with E-state index in [1.54, 1.807) is 19.2 Å². The molecule has 0 bridgehead atoms. The normalized spacial score (nSPS) is 10.2. The third-order valence-electron chi connectivity index (χ3n) is 4.02. The second-order valence-corrected chi connectivity index (χ2v) is 6.25. The van der Waals surface area contributed by atoms with Crippen LogP contribution in [0.3, 0.4) is 0 Å². The summed E-state index contributed by atoms with van der Waals surface area (Å²) >= 11 is 0. The Morgan fingerprint density at radius 1 is 0.931 bits per heavy atom. The van der Waals surface area contributed by atoms with Crippen LogP contribution in [-0.2, 0) is 9.59 Å². The van der Waals surface area contributed by atoms with E-state index >= 15 is 0 Å². The third-order valence-corrected chi connectivity index (χ3v) is 4.02. The minimum absolute atomic E-state index is 0.0351. The van der Waals surface area contributed by atoms with E-state index in [1.165, 1.54) is 13.8 Å². The van der Waals surface area contributed by atoms with Crippen LogP contribution in [0, 0.1) is 5.92 Å². The smallest absolute Gasteiger partial charge is 0.164 e. The maximum absolute atomic E-state index is 12.7. The minimum Gasteiger partial charge on any atom is -0.496 e. The van der Waals surface area contributed by atoms with Gasteiger partial charge in [0, 0.05) is 29.9 Å². The Balaban J connectivity index is -0.00000103. The summed E-state index contributed by atoms with van der Waals surface area (Å²) in [6, 6.07) is 5.41. The first-order valence-corrected chi connectivity index (χ1v) is 11.0. The van der Waals surface area contributed by atoms with Crippen molar-refractivity contribution >= 4 is 17.3 Å². The molecule has 1 rings (SSSR count). The molecule has 0 aliphatic rings. The summed E-state index contributed by atoms with van der Waals surface area (Å²) < 4.78 is 5.37. The summed E-state index contributed by atoms with van der Waals surface area (Å²) in [5, 5.41) is 0. The molecule has 0 saturated heterocycles. The van der Waals surface area contributed by atoms with Crippen molar-refractivity contribution in [1.82, 2.24) is 0 Å². The summed E-state index contributed by atoms with van der Waals surface area (Å²) in [6.07, 6.45) is 0.888. The molecule has 1 aromatic rings. The second-order valence-electron chi connectivity index (χ2n) is 6.25. The van der Waals surface area contributed by atoms with E-state index < -0.39 is 5.92 Å². The zero-order valence-corrected chi connectivity index (χ0v) is 20.6. The highest BCUT2D eigenvalue weighted by Gasteiger charge is 2.23. The van der Waals surface area contributed by atoms with Gasteiger partial charge in [-0.05, 0) is 32.3 Å². The van der Waals surface area contributed by atoms with Crippen LogP contribution in [0.15, 0.2) is 18.2 Å². The summed E-state index contributed by atoms with van der Waals surface area (Å²) in [5.41, 5.74) is 1.47. The Hall–Kier alpha value is -1.97. The van der Waals surface area contributed by atoms with E-state index in [0.717, 1.165) is 5.56 Å². The SMILES string of the molecule is CC.CC.CC.COc1cccc(C(=O)CC(CCC(C)=O)C(C)=O)c1C(C)C. The van der Waals surface area contributed by atoms with Crippen molar-refractivity contribution in [3.05, 3.63) is 29.3 Å². The molecule has 1 atom stereocenters. The first-order chi connectivity index (χ1) is 13.8. The lowest BCUT2D eigenvalue weighted by Gasteiger charge is -2.18. The molecular formula is C25H44O4. The van der Waals surface area contributed by atoms with Crippen LogP contribution >= 0.6 is 0 Å². The van der Waals surface area contributed by atoms with Gasteiger partial charge in [-0.1, -0.05) is 67.5 Å². The molecule has 168 valence electrons. The molecule has 0 saturated carbocycles. The van der Waals surface area contributed by atoms with Gasteiger partial charge in [0.2, 0.25) is 0 Å². The van der Waals surface area contributed by atoms with E-state index in [1.807, 2.05) is 61.5 Å². The van der Waals surface area contributed by atoms with Gasteiger partial charge in [-0.15, -0.1) is 0 Å². The van der Waals surface area contributed by atoms with E-state index in [-0.39, 0.29) is 29.7 Å². The third kappa shape index (κ3) is 12.2. The van der Waals surface area contributed by atoms with Crippen molar-refractivity contribution in [2.75, 3.05) is 7.11 Å². The van der Waals surface area contributed by atoms with Crippen LogP contribution in [-0.4, -0.2) is 24.5 Å². The molecule has 0 heterocycles. The lowest BCUT2D eigenvalue weighted by molar-refractivity contribution is -0.121. The number of methoxy groups -OCH3 is 1. The number of ketones is 3. The Kier molecular flexibility index (Phi) is 21.2. The molecule has 4 nitrogen and oxygen atoms in total. The number of carbonyl (C=O) groups excluding carboxylic acids is 3. The first kappa shape index (κ1) is 31.7. The Labute approximate surface area is 179 Å². The number of rotatable bonds is 9. The van der Waals surface area contributed by atoms with Gasteiger partial charge in [-0.2, -0.15) is 0 Å². The van der Waals surface area contributed by atoms with Gasteiger partial charge in [0.1, 0.15) is 17.3 Å². The number of hydrogen-bond acceptors (Lipinski definition) is 4. The van der Waals surface area contributed by atoms with Crippen LogP contribution in [0.4, 0.5) is 0 Å². The van der Waals surface area contributed by atoms with Crippen molar-refractivity contribution in [2.45, 2.75) is 94.4 Å². The molecule has 0 fully saturated rings. The standard InChI is InChI=1S/C19H26O4.3C2H6/c1-12(2)19-16(7-6-8-18(19)23-5)17(22)11-15(14(4)21)10-9-13(3)20;3*1-2/h6-8,12,15H,9-11H2,1-5H3;3*1-2H3. The number of benzene rings is 1. The fourth-order valence-electron chi connectivity index (χ4n) is 2.72. The zero-order chi connectivity index (χ0) is 23.6. The molecule has 1 unspecified atom stereocenters. The van der Waals surface area contributed by atoms with Crippen LogP contribution < -0.4 is 4.74 Å². The fourth-order valence-corrected chi connectivity index (χ4v) is 2.72. The number of ether oxygens (including phenoxy) is 1. The lowest BCUT2D eigenvalue weighted by Crippen LogP contribution is -2.18. The van der Waals surface area contributed by atoms with Gasteiger partial charge in [-0.25, -0.2) is 0 Å². The predicted molar refractivity (Wildman–Crippen MR) is 124 cm³/mol. The quantitative estimate of drug-likeness (QED) is 0.411. The monoisotopic (exact) mass is 408 g/mol. The molecule has 0 N–H and O–H groups in total. The van der Waals surface area contributed by atoms with E-state index in [9.17, 15) is 14.4 Å². The van der Waals surface area contributed by atoms with Crippen LogP contribution in [0.2, 0.25) is 0 Å². The molecule has 0 radical (unpaired) electrons. The first-order valence-electron chi connectivity index (χ1n) is 11.0. The predicted octanol–water partition coefficient (Wildman–Crippen LogP) is 7.04. The fraction of sp³-hybridized carbons (Fsp3) is 0.640. The average Bonchev–Trinajstić information content (AvgIpc) is 2.74. The Bertz CT molecular complexity index is 588. The van der Waals surface area contributed by atoms with Crippen LogP contribution in [0.25, 0.3) is 0 Å². The second kappa shape index (κ2) is 19.4. The van der Waals surface area contributed by atoms with E-state index in [2.05, 4.69) is 0 Å². The van der Waals surface area contributed by atoms with Crippen LogP contribution in [0.5, 0.6) is 5.75 Å². The summed E-state index contributed by atoms with van der Waals surface area (Å²) in [7, 11) is 1.58. The summed E-state index contributed by atoms with van der Waals surface area (Å²) in [4.78, 5) is 35.6. The molecule has 1 aromatic carbocycles. The van der Waals surface area contributed by atoms with Gasteiger partial charge < -0.3 is 9.53 Å². The zero-order valence-electron chi connectivity index (χ0n) is 20.6. The molecule has 0 spiro atoms. The van der Waals surface area contributed by atoms with Crippen molar-refractivity contribution in [3.8, 4) is 5.75 Å². The summed E-state index contributed by atoms with van der Waals surface area (Å²) in [5.74, 6) is 0.336. The van der Waals surface area contributed by atoms with Crippen molar-refractivity contribution in [2.24, 2.45) is 5.92 Å². The number of Topliss-reactive ketones (excluding diaryl/α,β-unsaturated/α-hetero) is 3. The van der Waals surface area contributed by atoms with Crippen molar-refractivity contribution in [3.63, 3.8) is 0 Å². The van der Waals surface area contributed by atoms with Gasteiger partial charge in [-0.3, -0.25) is 9.59 Å². The van der Waals surface area contributed by atoms with Gasteiger partial charge in [0.25, 0.3) is 0 Å². The average molecular weight is 409 g/mol. The number of hydrogen-bond donors (Lipinski definition) is 0. The molecule has 0 aliphatic heterocycles. The minimum atomic E-state index is -0.405. The molecule has 4 heteroatoms. The molecule has 29 heavy (non-hydrogen) atoms. The maximum atomic E-state index is 12.7. The highest BCUT2D eigenvalue weighted by Crippen LogP contribution is 2.31. The van der Waals surface area contributed by atoms with E-state index in [4.69, 9.17) is 4.74 Å². The van der Waals surface area contributed by atoms with Gasteiger partial charge in [0.15, 0.2) is 5.78 Å². The Morgan fingerprint density at radius 3 is 1.83 bits per heavy atom. The number of carbonyl (C=O) groups is 3. The summed E-state index contributed by atoms with van der Waals surface area (Å²) in [6.45, 7) is 19.0. The lowest BCUT2D eigenvalue weighted by atomic mass is 9.87. The van der Waals surface area contributed by atoms with Crippen LogP contribution in [0.1, 0.15) is 110 Å². The highest BCUT2D eigenvalue weighted by atomic mass is 16.5. The molecule has 0 aliphatic carbocycles. The highest BCUT2D eigenvalue weighted by molar-refractivity contribution is 6.00. The molecular weight excluding hydrogens is 364 g/mol. The van der Waals surface area contributed by atoms with E-state index in [0.29, 0.717) is 24.2 Å². The molecule has 0 amide bonds. The van der Waals surface area contributed by atoms with Crippen molar-refractivity contribution < 1.29 is 19.1 Å². The van der Waals surface area contributed by atoms with Gasteiger partial charge >= 0.3 is 0 Å². The van der Waals surface area contributed by atoms with Gasteiger partial charge in [0.05, 0.1) is 7.11 Å². The van der Waals surface area contributed by atoms with Crippen molar-refractivity contribution in [1.29, 1.82) is 0 Å². The molecule has 0 aromatic heterocycles. The Morgan fingerprint density at radius 2 is 1.45 bits per heavy atom.